The first-order valence-corrected chi connectivity index (χ1v) is 12.0. The van der Waals surface area contributed by atoms with Gasteiger partial charge in [0.1, 0.15) is 40.0 Å². The third kappa shape index (κ3) is 4.13. The highest BCUT2D eigenvalue weighted by Gasteiger charge is 2.16. The van der Waals surface area contributed by atoms with E-state index in [1.165, 1.54) is 0 Å². The predicted octanol–water partition coefficient (Wildman–Crippen LogP) is 6.47. The number of thiazole rings is 1. The number of nitrogens with zero attached hydrogens (tertiary/aromatic N) is 4. The molecule has 0 aliphatic carbocycles. The highest BCUT2D eigenvalue weighted by molar-refractivity contribution is 7.13. The first-order valence-electron chi connectivity index (χ1n) is 11.1. The summed E-state index contributed by atoms with van der Waals surface area (Å²) in [5, 5.41) is 3.78. The van der Waals surface area contributed by atoms with Crippen molar-refractivity contribution in [2.45, 2.75) is 20.5 Å². The van der Waals surface area contributed by atoms with Crippen LogP contribution in [0.3, 0.4) is 0 Å². The maximum Gasteiger partial charge on any atom is 0.155 e. The first-order chi connectivity index (χ1) is 17.1. The van der Waals surface area contributed by atoms with Crippen molar-refractivity contribution in [3.8, 4) is 33.5 Å². The van der Waals surface area contributed by atoms with Crippen LogP contribution < -0.4 is 9.47 Å². The number of ether oxygens (including phenoxy) is 2. The van der Waals surface area contributed by atoms with Crippen LogP contribution in [0.4, 0.5) is 0 Å². The maximum atomic E-state index is 6.20. The van der Waals surface area contributed by atoms with Gasteiger partial charge in [0.05, 0.1) is 18.2 Å². The summed E-state index contributed by atoms with van der Waals surface area (Å²) in [6.07, 6.45) is 5.85. The fourth-order valence-corrected chi connectivity index (χ4v) is 4.72. The van der Waals surface area contributed by atoms with Gasteiger partial charge in [0.25, 0.3) is 0 Å². The van der Waals surface area contributed by atoms with Crippen LogP contribution in [0.15, 0.2) is 70.9 Å². The van der Waals surface area contributed by atoms with Crippen molar-refractivity contribution >= 4 is 28.0 Å². The van der Waals surface area contributed by atoms with Gasteiger partial charge in [-0.15, -0.1) is 11.3 Å². The zero-order valence-electron chi connectivity index (χ0n) is 19.5. The minimum atomic E-state index is 0.326. The van der Waals surface area contributed by atoms with Crippen LogP contribution in [-0.2, 0) is 6.61 Å². The first kappa shape index (κ1) is 21.4. The second-order valence-corrected chi connectivity index (χ2v) is 9.23. The quantitative estimate of drug-likeness (QED) is 0.271. The van der Waals surface area contributed by atoms with Gasteiger partial charge >= 0.3 is 0 Å². The summed E-state index contributed by atoms with van der Waals surface area (Å²) in [5.41, 5.74) is 6.28. The van der Waals surface area contributed by atoms with E-state index < -0.39 is 0 Å². The lowest BCUT2D eigenvalue weighted by Crippen LogP contribution is -1.97. The van der Waals surface area contributed by atoms with E-state index in [9.17, 15) is 0 Å². The van der Waals surface area contributed by atoms with Gasteiger partial charge in [0.15, 0.2) is 5.76 Å². The summed E-state index contributed by atoms with van der Waals surface area (Å²) in [5.74, 6) is 1.99. The molecular weight excluding hydrogens is 460 g/mol. The molecule has 0 spiro atoms. The maximum absolute atomic E-state index is 6.20. The Kier molecular flexibility index (Phi) is 5.22. The summed E-state index contributed by atoms with van der Waals surface area (Å²) in [6.45, 7) is 4.35. The number of rotatable bonds is 6. The number of fused-ring (bicyclic) bond motifs is 2. The Balaban J connectivity index is 1.30. The topological polar surface area (TPSA) is 74.7 Å². The number of pyridine rings is 2. The molecule has 0 amide bonds. The molecule has 0 atom stereocenters. The van der Waals surface area contributed by atoms with E-state index in [-0.39, 0.29) is 0 Å². The van der Waals surface area contributed by atoms with Crippen LogP contribution in [0, 0.1) is 13.8 Å². The molecule has 0 aliphatic rings. The van der Waals surface area contributed by atoms with E-state index in [1.807, 2.05) is 77.8 Å². The van der Waals surface area contributed by atoms with Gasteiger partial charge in [-0.05, 0) is 43.7 Å². The van der Waals surface area contributed by atoms with Crippen molar-refractivity contribution < 1.29 is 13.9 Å². The number of methoxy groups -OCH3 is 1. The Labute approximate surface area is 205 Å². The molecule has 6 rings (SSSR count). The molecule has 0 aliphatic heterocycles. The Morgan fingerprint density at radius 3 is 2.77 bits per heavy atom. The van der Waals surface area contributed by atoms with Crippen molar-refractivity contribution in [1.82, 2.24) is 19.4 Å². The third-order valence-corrected chi connectivity index (χ3v) is 6.69. The van der Waals surface area contributed by atoms with Gasteiger partial charge in [0.2, 0.25) is 0 Å². The molecule has 0 radical (unpaired) electrons. The number of imidazole rings is 1. The normalized spacial score (nSPS) is 11.4. The number of hydrogen-bond donors (Lipinski definition) is 0. The summed E-state index contributed by atoms with van der Waals surface area (Å²) < 4.78 is 19.8. The van der Waals surface area contributed by atoms with Gasteiger partial charge < -0.3 is 18.3 Å². The van der Waals surface area contributed by atoms with E-state index in [0.29, 0.717) is 29.4 Å². The highest BCUT2D eigenvalue weighted by atomic mass is 32.1. The SMILES string of the molecule is COc1cc(OCc2csc(-c3ccc(C)nc3)n2)c2cc(-c3cn4cc(C)ccc4n3)oc2c1. The van der Waals surface area contributed by atoms with Gasteiger partial charge in [0, 0.05) is 47.4 Å². The highest BCUT2D eigenvalue weighted by Crippen LogP contribution is 2.37. The molecule has 0 N–H and O–H groups in total. The van der Waals surface area contributed by atoms with E-state index >= 15 is 0 Å². The molecule has 1 aromatic carbocycles. The lowest BCUT2D eigenvalue weighted by molar-refractivity contribution is 0.303. The van der Waals surface area contributed by atoms with Crippen LogP contribution in [0.1, 0.15) is 17.0 Å². The van der Waals surface area contributed by atoms with E-state index in [0.717, 1.165) is 44.2 Å². The Bertz CT molecular complexity index is 1660. The Morgan fingerprint density at radius 1 is 1.03 bits per heavy atom. The third-order valence-electron chi connectivity index (χ3n) is 5.75. The Morgan fingerprint density at radius 2 is 1.94 bits per heavy atom. The second-order valence-electron chi connectivity index (χ2n) is 8.37. The average Bonchev–Trinajstić information content (AvgIpc) is 3.60. The Hall–Kier alpha value is -4.17. The molecule has 6 aromatic rings. The fourth-order valence-electron chi connectivity index (χ4n) is 3.92. The van der Waals surface area contributed by atoms with Crippen molar-refractivity contribution in [2.75, 3.05) is 7.11 Å². The number of aromatic nitrogens is 4. The summed E-state index contributed by atoms with van der Waals surface area (Å²) in [7, 11) is 1.63. The fraction of sp³-hybridized carbons (Fsp3) is 0.148. The van der Waals surface area contributed by atoms with Gasteiger partial charge in [-0.1, -0.05) is 6.07 Å². The van der Waals surface area contributed by atoms with E-state index in [2.05, 4.69) is 11.9 Å². The minimum absolute atomic E-state index is 0.326. The van der Waals surface area contributed by atoms with Crippen LogP contribution in [0.5, 0.6) is 11.5 Å². The molecule has 5 heterocycles. The van der Waals surface area contributed by atoms with Crippen molar-refractivity contribution in [2.24, 2.45) is 0 Å². The molecule has 0 fully saturated rings. The van der Waals surface area contributed by atoms with Gasteiger partial charge in [-0.3, -0.25) is 4.98 Å². The molecule has 0 unspecified atom stereocenters. The predicted molar refractivity (Wildman–Crippen MR) is 136 cm³/mol. The molecule has 0 saturated heterocycles. The number of hydrogen-bond acceptors (Lipinski definition) is 7. The van der Waals surface area contributed by atoms with Gasteiger partial charge in [-0.2, -0.15) is 0 Å². The average molecular weight is 483 g/mol. The molecule has 35 heavy (non-hydrogen) atoms. The van der Waals surface area contributed by atoms with E-state index in [1.54, 1.807) is 18.4 Å². The van der Waals surface area contributed by atoms with Crippen LogP contribution in [0.2, 0.25) is 0 Å². The minimum Gasteiger partial charge on any atom is -0.496 e. The second kappa shape index (κ2) is 8.56. The smallest absolute Gasteiger partial charge is 0.155 e. The molecule has 8 heteroatoms. The zero-order chi connectivity index (χ0) is 23.9. The molecule has 174 valence electrons. The van der Waals surface area contributed by atoms with Crippen LogP contribution in [0.25, 0.3) is 38.6 Å². The summed E-state index contributed by atoms with van der Waals surface area (Å²) >= 11 is 1.57. The monoisotopic (exact) mass is 482 g/mol. The van der Waals surface area contributed by atoms with Crippen LogP contribution in [-0.4, -0.2) is 26.5 Å². The summed E-state index contributed by atoms with van der Waals surface area (Å²) in [4.78, 5) is 13.8. The number of aryl methyl sites for hydroxylation is 2. The van der Waals surface area contributed by atoms with Crippen molar-refractivity contribution in [1.29, 1.82) is 0 Å². The standard InChI is InChI=1S/C27H22N4O3S/c1-16-4-7-26-30-22(13-31(26)12-16)25-10-21-23(8-20(32-3)9-24(21)34-25)33-14-19-15-35-27(29-19)18-6-5-17(2)28-11-18/h4-13,15H,14H2,1-3H3. The van der Waals surface area contributed by atoms with E-state index in [4.69, 9.17) is 23.9 Å². The molecule has 0 bridgehead atoms. The van der Waals surface area contributed by atoms with Crippen molar-refractivity contribution in [3.63, 3.8) is 0 Å². The lowest BCUT2D eigenvalue weighted by Gasteiger charge is -2.07. The molecular formula is C27H22N4O3S. The summed E-state index contributed by atoms with van der Waals surface area (Å²) in [6, 6.07) is 13.7. The molecule has 7 nitrogen and oxygen atoms in total. The van der Waals surface area contributed by atoms with Crippen molar-refractivity contribution in [3.05, 3.63) is 83.4 Å². The largest absolute Gasteiger partial charge is 0.496 e. The van der Waals surface area contributed by atoms with Gasteiger partial charge in [-0.25, -0.2) is 9.97 Å². The number of furan rings is 1. The number of benzene rings is 1. The molecule has 5 aromatic heterocycles. The zero-order valence-corrected chi connectivity index (χ0v) is 20.3. The lowest BCUT2D eigenvalue weighted by atomic mass is 10.2. The molecule has 0 saturated carbocycles. The van der Waals surface area contributed by atoms with Crippen LogP contribution >= 0.6 is 11.3 Å².